The van der Waals surface area contributed by atoms with E-state index in [2.05, 4.69) is 22.3 Å². The van der Waals surface area contributed by atoms with Crippen molar-refractivity contribution >= 4 is 11.6 Å². The van der Waals surface area contributed by atoms with Crippen molar-refractivity contribution in [3.63, 3.8) is 0 Å². The molecule has 2 aliphatic rings. The molecule has 0 spiro atoms. The largest absolute Gasteiger partial charge is 0.490 e. The van der Waals surface area contributed by atoms with Gasteiger partial charge in [-0.15, -0.1) is 0 Å². The third kappa shape index (κ3) is 5.97. The predicted octanol–water partition coefficient (Wildman–Crippen LogP) is 3.29. The zero-order chi connectivity index (χ0) is 20.6. The van der Waals surface area contributed by atoms with Crippen molar-refractivity contribution in [2.24, 2.45) is 0 Å². The van der Waals surface area contributed by atoms with Crippen molar-refractivity contribution in [2.45, 2.75) is 25.7 Å². The number of carbonyl (C=O) groups is 1. The van der Waals surface area contributed by atoms with Gasteiger partial charge in [-0.05, 0) is 48.2 Å². The topological polar surface area (TPSA) is 60.0 Å². The summed E-state index contributed by atoms with van der Waals surface area (Å²) in [6, 6.07) is 14.1. The van der Waals surface area contributed by atoms with E-state index in [9.17, 15) is 4.79 Å². The van der Waals surface area contributed by atoms with Gasteiger partial charge in [-0.1, -0.05) is 18.2 Å². The Morgan fingerprint density at radius 1 is 0.867 bits per heavy atom. The maximum absolute atomic E-state index is 12.4. The molecule has 0 aromatic heterocycles. The normalized spacial score (nSPS) is 16.7. The van der Waals surface area contributed by atoms with Crippen LogP contribution in [0.2, 0.25) is 0 Å². The molecule has 1 saturated heterocycles. The zero-order valence-electron chi connectivity index (χ0n) is 17.4. The van der Waals surface area contributed by atoms with Crippen LogP contribution in [0.3, 0.4) is 0 Å². The number of nitrogens with one attached hydrogen (secondary N) is 1. The van der Waals surface area contributed by atoms with Gasteiger partial charge in [0.2, 0.25) is 5.91 Å². The van der Waals surface area contributed by atoms with Crippen molar-refractivity contribution in [2.75, 3.05) is 51.4 Å². The van der Waals surface area contributed by atoms with E-state index in [1.165, 1.54) is 5.56 Å². The number of nitrogens with zero attached hydrogens (tertiary/aromatic N) is 1. The Balaban J connectivity index is 1.22. The molecule has 1 amide bonds. The molecular formula is C24H30N2O4. The lowest BCUT2D eigenvalue weighted by Gasteiger charge is -2.26. The first-order chi connectivity index (χ1) is 14.8. The van der Waals surface area contributed by atoms with Crippen LogP contribution >= 0.6 is 0 Å². The first kappa shape index (κ1) is 20.7. The second-order valence-electron chi connectivity index (χ2n) is 7.78. The fourth-order valence-electron chi connectivity index (χ4n) is 3.71. The van der Waals surface area contributed by atoms with Gasteiger partial charge in [-0.2, -0.15) is 0 Å². The lowest BCUT2D eigenvalue weighted by molar-refractivity contribution is -0.116. The van der Waals surface area contributed by atoms with Gasteiger partial charge in [-0.25, -0.2) is 0 Å². The predicted molar refractivity (Wildman–Crippen MR) is 116 cm³/mol. The number of anilines is 1. The SMILES string of the molecule is O=C(CCc1ccc2c(c1)OCCCO2)Nc1ccc(CCN2CCOCC2)cc1. The lowest BCUT2D eigenvalue weighted by atomic mass is 10.1. The number of amides is 1. The average molecular weight is 411 g/mol. The maximum atomic E-state index is 12.4. The summed E-state index contributed by atoms with van der Waals surface area (Å²) in [5.41, 5.74) is 3.20. The van der Waals surface area contributed by atoms with Crippen LogP contribution in [0, 0.1) is 0 Å². The Morgan fingerprint density at radius 2 is 1.60 bits per heavy atom. The smallest absolute Gasteiger partial charge is 0.224 e. The molecule has 6 heteroatoms. The fraction of sp³-hybridized carbons (Fsp3) is 0.458. The van der Waals surface area contributed by atoms with Gasteiger partial charge in [0.25, 0.3) is 0 Å². The minimum absolute atomic E-state index is 0.0168. The highest BCUT2D eigenvalue weighted by atomic mass is 16.5. The van der Waals surface area contributed by atoms with Crippen LogP contribution in [-0.2, 0) is 22.4 Å². The van der Waals surface area contributed by atoms with E-state index in [1.807, 2.05) is 30.3 Å². The molecular weight excluding hydrogens is 380 g/mol. The summed E-state index contributed by atoms with van der Waals surface area (Å²) in [4.78, 5) is 14.8. The van der Waals surface area contributed by atoms with E-state index >= 15 is 0 Å². The number of carbonyl (C=O) groups excluding carboxylic acids is 1. The Hall–Kier alpha value is -2.57. The van der Waals surface area contributed by atoms with E-state index in [0.717, 1.165) is 68.4 Å². The van der Waals surface area contributed by atoms with Crippen molar-refractivity contribution < 1.29 is 19.0 Å². The number of fused-ring (bicyclic) bond motifs is 1. The van der Waals surface area contributed by atoms with Crippen LogP contribution in [0.4, 0.5) is 5.69 Å². The number of hydrogen-bond donors (Lipinski definition) is 1. The number of ether oxygens (including phenoxy) is 3. The second kappa shape index (κ2) is 10.5. The van der Waals surface area contributed by atoms with Crippen LogP contribution in [0.1, 0.15) is 24.0 Å². The van der Waals surface area contributed by atoms with Crippen molar-refractivity contribution in [1.29, 1.82) is 0 Å². The molecule has 0 unspecified atom stereocenters. The van der Waals surface area contributed by atoms with Crippen molar-refractivity contribution in [3.8, 4) is 11.5 Å². The Morgan fingerprint density at radius 3 is 2.40 bits per heavy atom. The van der Waals surface area contributed by atoms with Crippen LogP contribution in [0.15, 0.2) is 42.5 Å². The Bertz CT molecular complexity index is 832. The molecule has 160 valence electrons. The number of hydrogen-bond acceptors (Lipinski definition) is 5. The molecule has 0 aliphatic carbocycles. The Labute approximate surface area is 178 Å². The maximum Gasteiger partial charge on any atom is 0.224 e. The summed E-state index contributed by atoms with van der Waals surface area (Å²) in [6.45, 7) is 6.08. The zero-order valence-corrected chi connectivity index (χ0v) is 17.4. The first-order valence-electron chi connectivity index (χ1n) is 10.8. The lowest BCUT2D eigenvalue weighted by Crippen LogP contribution is -2.37. The molecule has 2 aliphatic heterocycles. The summed E-state index contributed by atoms with van der Waals surface area (Å²) in [6.07, 6.45) is 3.00. The molecule has 0 radical (unpaired) electrons. The first-order valence-corrected chi connectivity index (χ1v) is 10.8. The third-order valence-electron chi connectivity index (χ3n) is 5.51. The van der Waals surface area contributed by atoms with Gasteiger partial charge in [0.1, 0.15) is 0 Å². The highest BCUT2D eigenvalue weighted by Crippen LogP contribution is 2.30. The van der Waals surface area contributed by atoms with E-state index in [-0.39, 0.29) is 5.91 Å². The van der Waals surface area contributed by atoms with Gasteiger partial charge < -0.3 is 19.5 Å². The number of morpholine rings is 1. The molecule has 1 N–H and O–H groups in total. The monoisotopic (exact) mass is 410 g/mol. The third-order valence-corrected chi connectivity index (χ3v) is 5.51. The summed E-state index contributed by atoms with van der Waals surface area (Å²) in [5.74, 6) is 1.58. The van der Waals surface area contributed by atoms with Gasteiger partial charge in [0.15, 0.2) is 11.5 Å². The number of benzene rings is 2. The van der Waals surface area contributed by atoms with Crippen LogP contribution in [0.25, 0.3) is 0 Å². The van der Waals surface area contributed by atoms with Crippen molar-refractivity contribution in [1.82, 2.24) is 4.90 Å². The van der Waals surface area contributed by atoms with E-state index < -0.39 is 0 Å². The highest BCUT2D eigenvalue weighted by Gasteiger charge is 2.12. The van der Waals surface area contributed by atoms with E-state index in [1.54, 1.807) is 0 Å². The highest BCUT2D eigenvalue weighted by molar-refractivity contribution is 5.90. The van der Waals surface area contributed by atoms with E-state index in [4.69, 9.17) is 14.2 Å². The molecule has 2 aromatic rings. The standard InChI is InChI=1S/C24H30N2O4/c27-24(9-5-20-4-8-22-23(18-20)30-15-1-14-29-22)25-21-6-2-19(3-7-21)10-11-26-12-16-28-17-13-26/h2-4,6-8,18H,1,5,9-17H2,(H,25,27). The second-order valence-corrected chi connectivity index (χ2v) is 7.78. The molecule has 2 heterocycles. The summed E-state index contributed by atoms with van der Waals surface area (Å²) >= 11 is 0. The molecule has 4 rings (SSSR count). The Kier molecular flexibility index (Phi) is 7.21. The van der Waals surface area contributed by atoms with Gasteiger partial charge in [-0.3, -0.25) is 9.69 Å². The fourth-order valence-corrected chi connectivity index (χ4v) is 3.71. The van der Waals surface area contributed by atoms with Gasteiger partial charge in [0.05, 0.1) is 26.4 Å². The van der Waals surface area contributed by atoms with Crippen LogP contribution in [-0.4, -0.2) is 56.9 Å². The molecule has 1 fully saturated rings. The van der Waals surface area contributed by atoms with E-state index in [0.29, 0.717) is 26.1 Å². The van der Waals surface area contributed by atoms with Crippen LogP contribution in [0.5, 0.6) is 11.5 Å². The molecule has 0 saturated carbocycles. The summed E-state index contributed by atoms with van der Waals surface area (Å²) in [5, 5.41) is 3.00. The quantitative estimate of drug-likeness (QED) is 0.759. The van der Waals surface area contributed by atoms with Crippen molar-refractivity contribution in [3.05, 3.63) is 53.6 Å². The molecule has 0 bridgehead atoms. The number of aryl methyl sites for hydroxylation is 1. The minimum atomic E-state index is 0.0168. The summed E-state index contributed by atoms with van der Waals surface area (Å²) in [7, 11) is 0. The molecule has 2 aromatic carbocycles. The van der Waals surface area contributed by atoms with Crippen LogP contribution < -0.4 is 14.8 Å². The number of rotatable bonds is 7. The summed E-state index contributed by atoms with van der Waals surface area (Å²) < 4.78 is 16.8. The average Bonchev–Trinajstić information content (AvgIpc) is 3.03. The molecule has 30 heavy (non-hydrogen) atoms. The van der Waals surface area contributed by atoms with Gasteiger partial charge >= 0.3 is 0 Å². The van der Waals surface area contributed by atoms with Gasteiger partial charge in [0, 0.05) is 38.2 Å². The molecule has 6 nitrogen and oxygen atoms in total. The molecule has 0 atom stereocenters. The minimum Gasteiger partial charge on any atom is -0.490 e.